The first-order chi connectivity index (χ1) is 12.4. The van der Waals surface area contributed by atoms with Gasteiger partial charge >= 0.3 is 0 Å². The van der Waals surface area contributed by atoms with Crippen LogP contribution in [0, 0.1) is 6.92 Å². The third-order valence-electron chi connectivity index (χ3n) is 5.25. The van der Waals surface area contributed by atoms with Crippen LogP contribution in [0.5, 0.6) is 0 Å². The number of fused-ring (bicyclic) bond motifs is 2. The summed E-state index contributed by atoms with van der Waals surface area (Å²) in [4.78, 5) is 26.7. The monoisotopic (exact) mass is 369 g/mol. The molecule has 0 fully saturated rings. The fourth-order valence-corrected chi connectivity index (χ4v) is 5.53. The maximum absolute atomic E-state index is 12.5. The molecule has 0 N–H and O–H groups in total. The number of benzene rings is 2. The Bertz CT molecular complexity index is 991. The van der Waals surface area contributed by atoms with E-state index in [1.54, 1.807) is 30.3 Å². The zero-order chi connectivity index (χ0) is 18.5. The number of rotatable bonds is 3. The number of imide groups is 1. The largest absolute Gasteiger partial charge is 0.274 e. The highest BCUT2D eigenvalue weighted by Gasteiger charge is 2.36. The topological polar surface area (TPSA) is 71.5 Å². The van der Waals surface area contributed by atoms with E-state index in [1.807, 2.05) is 19.1 Å². The number of aryl methyl sites for hydroxylation is 1. The quantitative estimate of drug-likeness (QED) is 0.780. The first-order valence-corrected chi connectivity index (χ1v) is 10.3. The Morgan fingerprint density at radius 1 is 1.04 bits per heavy atom. The Hall–Kier alpha value is -2.47. The lowest BCUT2D eigenvalue weighted by atomic mass is 9.91. The molecule has 2 aromatic rings. The molecule has 2 amide bonds. The number of amides is 2. The second-order valence-electron chi connectivity index (χ2n) is 6.94. The van der Waals surface area contributed by atoms with Crippen LogP contribution >= 0.6 is 0 Å². The Morgan fingerprint density at radius 2 is 1.69 bits per heavy atom. The zero-order valence-electron chi connectivity index (χ0n) is 14.4. The van der Waals surface area contributed by atoms with Crippen LogP contribution in [-0.2, 0) is 9.84 Å². The lowest BCUT2D eigenvalue weighted by molar-refractivity contribution is 0.0649. The predicted octanol–water partition coefficient (Wildman–Crippen LogP) is 2.94. The lowest BCUT2D eigenvalue weighted by Gasteiger charge is -2.27. The maximum Gasteiger partial charge on any atom is 0.261 e. The van der Waals surface area contributed by atoms with E-state index in [1.165, 1.54) is 4.90 Å². The van der Waals surface area contributed by atoms with Crippen molar-refractivity contribution in [1.82, 2.24) is 4.90 Å². The van der Waals surface area contributed by atoms with Gasteiger partial charge in [-0.3, -0.25) is 14.5 Å². The van der Waals surface area contributed by atoms with E-state index in [0.29, 0.717) is 35.4 Å². The van der Waals surface area contributed by atoms with E-state index >= 15 is 0 Å². The molecule has 4 rings (SSSR count). The van der Waals surface area contributed by atoms with Crippen LogP contribution in [0.1, 0.15) is 50.6 Å². The van der Waals surface area contributed by atoms with Gasteiger partial charge in [0.2, 0.25) is 0 Å². The minimum atomic E-state index is -3.24. The van der Waals surface area contributed by atoms with E-state index in [4.69, 9.17) is 0 Å². The molecule has 2 aliphatic heterocycles. The van der Waals surface area contributed by atoms with Gasteiger partial charge in [-0.15, -0.1) is 0 Å². The molecule has 1 unspecified atom stereocenters. The summed E-state index contributed by atoms with van der Waals surface area (Å²) in [5, 5.41) is 0. The first-order valence-electron chi connectivity index (χ1n) is 8.67. The molecule has 0 aromatic heterocycles. The van der Waals surface area contributed by atoms with Crippen molar-refractivity contribution in [3.63, 3.8) is 0 Å². The highest BCUT2D eigenvalue weighted by Crippen LogP contribution is 2.37. The molecule has 2 aliphatic rings. The molecule has 0 radical (unpaired) electrons. The second kappa shape index (κ2) is 6.06. The minimum Gasteiger partial charge on any atom is -0.274 e. The molecule has 134 valence electrons. The van der Waals surface area contributed by atoms with E-state index in [0.717, 1.165) is 11.1 Å². The van der Waals surface area contributed by atoms with Crippen molar-refractivity contribution in [2.45, 2.75) is 30.6 Å². The van der Waals surface area contributed by atoms with Crippen molar-refractivity contribution < 1.29 is 18.0 Å². The number of hydrogen-bond acceptors (Lipinski definition) is 4. The van der Waals surface area contributed by atoms with Gasteiger partial charge in [-0.05, 0) is 49.4 Å². The predicted molar refractivity (Wildman–Crippen MR) is 97.0 cm³/mol. The van der Waals surface area contributed by atoms with Crippen molar-refractivity contribution in [1.29, 1.82) is 0 Å². The average molecular weight is 369 g/mol. The van der Waals surface area contributed by atoms with Gasteiger partial charge in [0, 0.05) is 6.54 Å². The summed E-state index contributed by atoms with van der Waals surface area (Å²) in [6.07, 6.45) is 1.08. The normalized spacial score (nSPS) is 20.8. The summed E-state index contributed by atoms with van der Waals surface area (Å²) in [5.74, 6) is -0.398. The third-order valence-corrected chi connectivity index (χ3v) is 7.07. The molecular weight excluding hydrogens is 350 g/mol. The number of nitrogens with zero attached hydrogens (tertiary/aromatic N) is 1. The molecule has 6 heteroatoms. The molecule has 0 saturated heterocycles. The van der Waals surface area contributed by atoms with Gasteiger partial charge in [0.15, 0.2) is 9.84 Å². The summed E-state index contributed by atoms with van der Waals surface area (Å²) < 4.78 is 24.6. The summed E-state index contributed by atoms with van der Waals surface area (Å²) in [5.41, 5.74) is 2.71. The van der Waals surface area contributed by atoms with Crippen LogP contribution in [-0.4, -0.2) is 37.4 Å². The molecule has 0 bridgehead atoms. The Kier molecular flexibility index (Phi) is 3.95. The van der Waals surface area contributed by atoms with Crippen molar-refractivity contribution in [3.8, 4) is 0 Å². The molecule has 26 heavy (non-hydrogen) atoms. The van der Waals surface area contributed by atoms with Gasteiger partial charge in [-0.1, -0.05) is 29.8 Å². The highest BCUT2D eigenvalue weighted by molar-refractivity contribution is 7.91. The Labute approximate surface area is 152 Å². The smallest absolute Gasteiger partial charge is 0.261 e. The van der Waals surface area contributed by atoms with Gasteiger partial charge in [-0.2, -0.15) is 0 Å². The Morgan fingerprint density at radius 3 is 2.35 bits per heavy atom. The fraction of sp³-hybridized carbons (Fsp3) is 0.300. The third kappa shape index (κ3) is 2.65. The highest BCUT2D eigenvalue weighted by atomic mass is 32.2. The number of sulfone groups is 1. The molecule has 5 nitrogen and oxygen atoms in total. The second-order valence-corrected chi connectivity index (χ2v) is 9.02. The molecule has 2 heterocycles. The van der Waals surface area contributed by atoms with E-state index in [-0.39, 0.29) is 23.5 Å². The zero-order valence-corrected chi connectivity index (χ0v) is 15.3. The average Bonchev–Trinajstić information content (AvgIpc) is 2.86. The summed E-state index contributed by atoms with van der Waals surface area (Å²) >= 11 is 0. The number of hydrogen-bond donors (Lipinski definition) is 0. The standard InChI is InChI=1S/C20H19NO4S/c1-13-6-7-18-17(12-13)14(9-11-26(18,24)25)8-10-21-19(22)15-4-2-3-5-16(15)20(21)23/h2-7,12,14H,8-11H2,1H3. The lowest BCUT2D eigenvalue weighted by Crippen LogP contribution is -2.32. The molecule has 0 saturated carbocycles. The molecule has 2 aromatic carbocycles. The van der Waals surface area contributed by atoms with E-state index in [2.05, 4.69) is 0 Å². The van der Waals surface area contributed by atoms with Crippen molar-refractivity contribution in [3.05, 3.63) is 64.7 Å². The number of carbonyl (C=O) groups is 2. The van der Waals surface area contributed by atoms with Gasteiger partial charge in [0.25, 0.3) is 11.8 Å². The Balaban J connectivity index is 1.58. The van der Waals surface area contributed by atoms with E-state index < -0.39 is 9.84 Å². The van der Waals surface area contributed by atoms with Crippen LogP contribution in [0.15, 0.2) is 47.4 Å². The molecule has 0 spiro atoms. The molecule has 0 aliphatic carbocycles. The van der Waals surface area contributed by atoms with Crippen molar-refractivity contribution in [2.24, 2.45) is 0 Å². The SMILES string of the molecule is Cc1ccc2c(c1)C(CCN1C(=O)c3ccccc3C1=O)CCS2(=O)=O. The van der Waals surface area contributed by atoms with Crippen LogP contribution in [0.3, 0.4) is 0 Å². The summed E-state index contributed by atoms with van der Waals surface area (Å²) in [7, 11) is -3.24. The molecular formula is C20H19NO4S. The van der Waals surface area contributed by atoms with Gasteiger partial charge < -0.3 is 0 Å². The van der Waals surface area contributed by atoms with Crippen molar-refractivity contribution >= 4 is 21.7 Å². The summed E-state index contributed by atoms with van der Waals surface area (Å²) in [6, 6.07) is 12.2. The summed E-state index contributed by atoms with van der Waals surface area (Å²) in [6.45, 7) is 2.23. The van der Waals surface area contributed by atoms with Crippen LogP contribution in [0.2, 0.25) is 0 Å². The van der Waals surface area contributed by atoms with E-state index in [9.17, 15) is 18.0 Å². The van der Waals surface area contributed by atoms with Gasteiger partial charge in [-0.25, -0.2) is 8.42 Å². The van der Waals surface area contributed by atoms with Crippen LogP contribution < -0.4 is 0 Å². The van der Waals surface area contributed by atoms with Gasteiger partial charge in [0.1, 0.15) is 0 Å². The first kappa shape index (κ1) is 17.0. The van der Waals surface area contributed by atoms with Gasteiger partial charge in [0.05, 0.1) is 21.8 Å². The maximum atomic E-state index is 12.5. The molecule has 1 atom stereocenters. The minimum absolute atomic E-state index is 0.0257. The number of carbonyl (C=O) groups excluding carboxylic acids is 2. The van der Waals surface area contributed by atoms with Crippen molar-refractivity contribution in [2.75, 3.05) is 12.3 Å². The van der Waals surface area contributed by atoms with Crippen LogP contribution in [0.4, 0.5) is 0 Å². The van der Waals surface area contributed by atoms with Crippen LogP contribution in [0.25, 0.3) is 0 Å². The fourth-order valence-electron chi connectivity index (χ4n) is 3.86.